The van der Waals surface area contributed by atoms with Crippen molar-refractivity contribution in [3.8, 4) is 17.2 Å². The summed E-state index contributed by atoms with van der Waals surface area (Å²) in [7, 11) is 2.70. The lowest BCUT2D eigenvalue weighted by Crippen LogP contribution is -2.39. The smallest absolute Gasteiger partial charge is 0.307 e. The topological polar surface area (TPSA) is 138 Å². The zero-order valence-corrected chi connectivity index (χ0v) is 23.3. The van der Waals surface area contributed by atoms with Gasteiger partial charge in [-0.15, -0.1) is 17.0 Å². The molecule has 0 fully saturated rings. The molecule has 0 saturated carbocycles. The first-order chi connectivity index (χ1) is 17.3. The molecule has 10 nitrogen and oxygen atoms in total. The fraction of sp³-hybridized carbons (Fsp3) is 0.385. The molecule has 38 heavy (non-hydrogen) atoms. The van der Waals surface area contributed by atoms with Crippen LogP contribution in [0.3, 0.4) is 0 Å². The molecule has 1 amide bonds. The number of ketones is 1. The standard InChI is InChI=1S/C26H28FN3O7.BrH/c1-26(2,3)14-6-12(7-15-22(14)37-18(9-19(32)33)25(34)29-15)16(31)11-30-10-13-8-17(35-4)23(36-5)21(27)20(13)24(30)28;/h6-8,18,28H,9-11H2,1-5H3,(H,29,34)(H,32,33);1H. The van der Waals surface area contributed by atoms with Crippen LogP contribution in [0.15, 0.2) is 18.2 Å². The van der Waals surface area contributed by atoms with E-state index in [1.54, 1.807) is 12.1 Å². The van der Waals surface area contributed by atoms with E-state index in [0.29, 0.717) is 16.9 Å². The van der Waals surface area contributed by atoms with Crippen molar-refractivity contribution >= 4 is 46.2 Å². The second-order valence-corrected chi connectivity index (χ2v) is 9.93. The van der Waals surface area contributed by atoms with Gasteiger partial charge in [-0.3, -0.25) is 19.8 Å². The van der Waals surface area contributed by atoms with Crippen LogP contribution in [0.2, 0.25) is 0 Å². The maximum absolute atomic E-state index is 15.1. The van der Waals surface area contributed by atoms with Crippen LogP contribution < -0.4 is 19.5 Å². The van der Waals surface area contributed by atoms with Crippen molar-refractivity contribution in [1.82, 2.24) is 4.90 Å². The van der Waals surface area contributed by atoms with Crippen LogP contribution in [0, 0.1) is 11.2 Å². The minimum Gasteiger partial charge on any atom is -0.493 e. The van der Waals surface area contributed by atoms with E-state index >= 15 is 4.39 Å². The van der Waals surface area contributed by atoms with Gasteiger partial charge in [-0.1, -0.05) is 20.8 Å². The molecule has 2 aliphatic heterocycles. The number of fused-ring (bicyclic) bond motifs is 2. The van der Waals surface area contributed by atoms with Crippen molar-refractivity contribution < 1.29 is 38.1 Å². The number of carbonyl (C=O) groups excluding carboxylic acids is 2. The average molecular weight is 594 g/mol. The Kier molecular flexibility index (Phi) is 8.06. The normalized spacial score (nSPS) is 16.1. The summed E-state index contributed by atoms with van der Waals surface area (Å²) in [5.74, 6) is -2.62. The molecule has 0 spiro atoms. The number of Topliss-reactive ketones (excluding diaryl/α,β-unsaturated/α-hetero) is 1. The van der Waals surface area contributed by atoms with Crippen LogP contribution in [0.5, 0.6) is 17.2 Å². The van der Waals surface area contributed by atoms with Gasteiger partial charge in [0, 0.05) is 17.7 Å². The predicted octanol–water partition coefficient (Wildman–Crippen LogP) is 3.92. The highest BCUT2D eigenvalue weighted by atomic mass is 79.9. The maximum Gasteiger partial charge on any atom is 0.307 e. The van der Waals surface area contributed by atoms with Gasteiger partial charge in [-0.05, 0) is 29.2 Å². The summed E-state index contributed by atoms with van der Waals surface area (Å²) in [6, 6.07) is 4.71. The Hall–Kier alpha value is -3.67. The molecular weight excluding hydrogens is 565 g/mol. The number of carboxylic acids is 1. The molecule has 1 unspecified atom stereocenters. The van der Waals surface area contributed by atoms with E-state index in [-0.39, 0.29) is 70.0 Å². The number of hydrogen-bond donors (Lipinski definition) is 3. The number of nitrogens with one attached hydrogen (secondary N) is 2. The fourth-order valence-corrected chi connectivity index (χ4v) is 4.49. The van der Waals surface area contributed by atoms with Gasteiger partial charge in [0.15, 0.2) is 29.2 Å². The molecule has 2 aromatic carbocycles. The second kappa shape index (κ2) is 10.6. The van der Waals surface area contributed by atoms with Crippen molar-refractivity contribution in [2.75, 3.05) is 26.1 Å². The first kappa shape index (κ1) is 28.9. The molecule has 2 heterocycles. The third-order valence-electron chi connectivity index (χ3n) is 6.33. The number of ether oxygens (including phenoxy) is 3. The fourth-order valence-electron chi connectivity index (χ4n) is 4.49. The zero-order valence-electron chi connectivity index (χ0n) is 21.6. The van der Waals surface area contributed by atoms with Crippen LogP contribution in [-0.4, -0.2) is 60.4 Å². The summed E-state index contributed by atoms with van der Waals surface area (Å²) in [6.45, 7) is 5.62. The molecule has 204 valence electrons. The number of rotatable bonds is 7. The number of nitrogens with zero attached hydrogens (tertiary/aromatic N) is 1. The number of carbonyl (C=O) groups is 3. The number of aliphatic carboxylic acids is 1. The number of methoxy groups -OCH3 is 2. The van der Waals surface area contributed by atoms with E-state index in [1.165, 1.54) is 25.2 Å². The molecule has 2 aliphatic rings. The van der Waals surface area contributed by atoms with Crippen LogP contribution in [-0.2, 0) is 21.5 Å². The lowest BCUT2D eigenvalue weighted by atomic mass is 9.84. The first-order valence-corrected chi connectivity index (χ1v) is 11.5. The first-order valence-electron chi connectivity index (χ1n) is 11.5. The Bertz CT molecular complexity index is 1340. The van der Waals surface area contributed by atoms with Crippen molar-refractivity contribution in [1.29, 1.82) is 5.41 Å². The summed E-state index contributed by atoms with van der Waals surface area (Å²) >= 11 is 0. The highest BCUT2D eigenvalue weighted by Gasteiger charge is 2.36. The Morgan fingerprint density at radius 3 is 2.50 bits per heavy atom. The van der Waals surface area contributed by atoms with Crippen molar-refractivity contribution in [2.24, 2.45) is 0 Å². The maximum atomic E-state index is 15.1. The van der Waals surface area contributed by atoms with Crippen LogP contribution in [0.25, 0.3) is 0 Å². The molecule has 3 N–H and O–H groups in total. The quantitative estimate of drug-likeness (QED) is 0.411. The summed E-state index contributed by atoms with van der Waals surface area (Å²) in [6.07, 6.45) is -1.70. The van der Waals surface area contributed by atoms with E-state index in [2.05, 4.69) is 5.32 Å². The van der Waals surface area contributed by atoms with Gasteiger partial charge in [0.05, 0.1) is 38.4 Å². The summed E-state index contributed by atoms with van der Waals surface area (Å²) in [5.41, 5.74) is 1.19. The summed E-state index contributed by atoms with van der Waals surface area (Å²) < 4.78 is 31.2. The Morgan fingerprint density at radius 1 is 1.24 bits per heavy atom. The highest BCUT2D eigenvalue weighted by Crippen LogP contribution is 2.42. The predicted molar refractivity (Wildman–Crippen MR) is 142 cm³/mol. The molecular formula is C26H29BrFN3O7. The van der Waals surface area contributed by atoms with Gasteiger partial charge < -0.3 is 29.5 Å². The molecule has 0 aliphatic carbocycles. The molecule has 1 atom stereocenters. The lowest BCUT2D eigenvalue weighted by Gasteiger charge is -2.31. The van der Waals surface area contributed by atoms with E-state index in [1.807, 2.05) is 20.8 Å². The number of hydrogen-bond acceptors (Lipinski definition) is 7. The number of carboxylic acid groups (broad SMARTS) is 1. The molecule has 0 bridgehead atoms. The molecule has 4 rings (SSSR count). The second-order valence-electron chi connectivity index (χ2n) is 9.93. The SMILES string of the molecule is Br.COc1cc2c(c(F)c1OC)C(=N)N(CC(=O)c1cc3c(c(C(C)(C)C)c1)OC(CC(=O)O)C(=O)N3)C2. The van der Waals surface area contributed by atoms with Gasteiger partial charge in [0.2, 0.25) is 0 Å². The van der Waals surface area contributed by atoms with Crippen LogP contribution >= 0.6 is 17.0 Å². The van der Waals surface area contributed by atoms with Gasteiger partial charge in [0.1, 0.15) is 11.6 Å². The number of amides is 1. The molecule has 2 aromatic rings. The number of benzene rings is 2. The van der Waals surface area contributed by atoms with E-state index in [9.17, 15) is 14.4 Å². The number of halogens is 2. The summed E-state index contributed by atoms with van der Waals surface area (Å²) in [4.78, 5) is 38.4. The third-order valence-corrected chi connectivity index (χ3v) is 6.33. The third kappa shape index (κ3) is 5.17. The molecule has 0 radical (unpaired) electrons. The van der Waals surface area contributed by atoms with E-state index < -0.39 is 35.6 Å². The van der Waals surface area contributed by atoms with E-state index in [4.69, 9.17) is 24.7 Å². The minimum atomic E-state index is -1.19. The Morgan fingerprint density at radius 2 is 1.92 bits per heavy atom. The lowest BCUT2D eigenvalue weighted by molar-refractivity contribution is -0.142. The number of anilines is 1. The van der Waals surface area contributed by atoms with Crippen molar-refractivity contribution in [3.63, 3.8) is 0 Å². The summed E-state index contributed by atoms with van der Waals surface area (Å²) in [5, 5.41) is 20.3. The molecule has 0 aromatic heterocycles. The van der Waals surface area contributed by atoms with Gasteiger partial charge in [-0.2, -0.15) is 0 Å². The largest absolute Gasteiger partial charge is 0.493 e. The van der Waals surface area contributed by atoms with Gasteiger partial charge in [-0.25, -0.2) is 4.39 Å². The zero-order chi connectivity index (χ0) is 27.2. The Labute approximate surface area is 229 Å². The van der Waals surface area contributed by atoms with E-state index in [0.717, 1.165) is 0 Å². The highest BCUT2D eigenvalue weighted by molar-refractivity contribution is 8.93. The monoisotopic (exact) mass is 593 g/mol. The van der Waals surface area contributed by atoms with Crippen LogP contribution in [0.1, 0.15) is 54.2 Å². The van der Waals surface area contributed by atoms with Gasteiger partial charge in [0.25, 0.3) is 5.91 Å². The van der Waals surface area contributed by atoms with Crippen LogP contribution in [0.4, 0.5) is 10.1 Å². The van der Waals surface area contributed by atoms with Gasteiger partial charge >= 0.3 is 5.97 Å². The van der Waals surface area contributed by atoms with Crippen molar-refractivity contribution in [3.05, 3.63) is 46.3 Å². The Balaban J connectivity index is 0.00000400. The minimum absolute atomic E-state index is 0. The van der Waals surface area contributed by atoms with Crippen molar-refractivity contribution in [2.45, 2.75) is 45.3 Å². The number of amidine groups is 1. The average Bonchev–Trinajstić information content (AvgIpc) is 3.12. The molecule has 12 heteroatoms. The molecule has 0 saturated heterocycles.